The number of carbonyl (C=O) groups is 7. The van der Waals surface area contributed by atoms with Crippen molar-refractivity contribution in [2.24, 2.45) is 17.8 Å². The topological polar surface area (TPSA) is 201 Å². The van der Waals surface area contributed by atoms with E-state index in [2.05, 4.69) is 16.0 Å². The van der Waals surface area contributed by atoms with Crippen LogP contribution < -0.4 is 16.0 Å². The molecule has 1 aliphatic rings. The van der Waals surface area contributed by atoms with E-state index in [0.29, 0.717) is 24.8 Å². The smallest absolute Gasteiger partial charge is 0.334 e. The zero-order valence-electron chi connectivity index (χ0n) is 36.9. The number of allylic oxidation sites excluding steroid dienone is 2. The van der Waals surface area contributed by atoms with E-state index in [1.165, 1.54) is 45.0 Å². The molecule has 4 N–H and O–H groups in total. The Morgan fingerprint density at radius 1 is 0.898 bits per heavy atom. The van der Waals surface area contributed by atoms with E-state index in [1.54, 1.807) is 32.1 Å². The number of hydrogen-bond donors (Lipinski definition) is 4. The Kier molecular flexibility index (Phi) is 19.8. The number of benzene rings is 1. The molecule has 5 amide bonds. The van der Waals surface area contributed by atoms with Crippen molar-refractivity contribution in [1.82, 2.24) is 25.8 Å². The summed E-state index contributed by atoms with van der Waals surface area (Å²) in [6.07, 6.45) is 3.31. The summed E-state index contributed by atoms with van der Waals surface area (Å²) in [6.45, 7) is 17.0. The second kappa shape index (κ2) is 23.4. The highest BCUT2D eigenvalue weighted by Crippen LogP contribution is 2.23. The van der Waals surface area contributed by atoms with Crippen LogP contribution in [0.25, 0.3) is 0 Å². The molecule has 0 bridgehead atoms. The maximum absolute atomic E-state index is 14.1. The summed E-state index contributed by atoms with van der Waals surface area (Å²) >= 11 is 0. The fourth-order valence-electron chi connectivity index (χ4n) is 6.61. The third kappa shape index (κ3) is 15.2. The fraction of sp³-hybridized carbons (Fsp3) is 0.614. The van der Waals surface area contributed by atoms with Gasteiger partial charge in [0.25, 0.3) is 5.91 Å². The van der Waals surface area contributed by atoms with Gasteiger partial charge in [-0.15, -0.1) is 0 Å². The number of ether oxygens (including phenoxy) is 2. The van der Waals surface area contributed by atoms with E-state index in [4.69, 9.17) is 9.47 Å². The second-order valence-electron chi connectivity index (χ2n) is 16.3. The van der Waals surface area contributed by atoms with Crippen LogP contribution in [0, 0.1) is 17.8 Å². The standard InChI is InChI=1S/C44H67N5O10/c1-13-26(5)37-40(53)46-31(10)44(57)59-38(27(6)14-2)28(7)16-15-17-29(8)43(56)58-35(22-25(3)4)39(52)45-30(9)41(54)49(12)34(23-32-18-20-33(50)21-19-32)42(55)48(11)24-36(51)47-37/h14,17-21,25-26,28,30-31,34-35,37-38,50H,13,15-16,22-24H2,1-12H3,(H,45,52)(H,46,53)(H,47,51)/b27-14+,29-17+/t26?,28-,30-,31+,34+,35+,37-,38+/m0/s1. The normalized spacial score (nSPS) is 27.5. The molecular formula is C44H67N5O10. The van der Waals surface area contributed by atoms with Gasteiger partial charge < -0.3 is 40.3 Å². The third-order valence-electron chi connectivity index (χ3n) is 10.8. The van der Waals surface area contributed by atoms with Crippen LogP contribution in [-0.4, -0.2) is 113 Å². The first-order valence-electron chi connectivity index (χ1n) is 20.5. The molecule has 0 radical (unpaired) electrons. The van der Waals surface area contributed by atoms with Crippen LogP contribution in [0.3, 0.4) is 0 Å². The molecule has 0 fully saturated rings. The predicted molar refractivity (Wildman–Crippen MR) is 223 cm³/mol. The molecule has 15 nitrogen and oxygen atoms in total. The number of carbonyl (C=O) groups excluding carboxylic acids is 7. The van der Waals surface area contributed by atoms with Gasteiger partial charge in [-0.1, -0.05) is 65.3 Å². The Morgan fingerprint density at radius 3 is 2.08 bits per heavy atom. The Bertz CT molecular complexity index is 1710. The predicted octanol–water partition coefficient (Wildman–Crippen LogP) is 3.97. The lowest BCUT2D eigenvalue weighted by molar-refractivity contribution is -0.154. The Hall–Kier alpha value is -5.21. The van der Waals surface area contributed by atoms with Crippen LogP contribution in [0.1, 0.15) is 100 Å². The van der Waals surface area contributed by atoms with E-state index >= 15 is 0 Å². The van der Waals surface area contributed by atoms with Crippen molar-refractivity contribution < 1.29 is 48.1 Å². The zero-order valence-corrected chi connectivity index (χ0v) is 36.9. The highest BCUT2D eigenvalue weighted by atomic mass is 16.6. The fourth-order valence-corrected chi connectivity index (χ4v) is 6.61. The molecule has 0 saturated carbocycles. The highest BCUT2D eigenvalue weighted by Gasteiger charge is 2.36. The molecule has 1 aliphatic heterocycles. The molecular weight excluding hydrogens is 759 g/mol. The van der Waals surface area contributed by atoms with Crippen molar-refractivity contribution in [3.63, 3.8) is 0 Å². The first kappa shape index (κ1) is 49.9. The van der Waals surface area contributed by atoms with Crippen molar-refractivity contribution >= 4 is 41.5 Å². The van der Waals surface area contributed by atoms with Gasteiger partial charge in [0.15, 0.2) is 6.10 Å². The number of hydrogen-bond acceptors (Lipinski definition) is 10. The van der Waals surface area contributed by atoms with E-state index in [9.17, 15) is 38.7 Å². The summed E-state index contributed by atoms with van der Waals surface area (Å²) < 4.78 is 11.6. The van der Waals surface area contributed by atoms with Crippen LogP contribution in [0.4, 0.5) is 0 Å². The summed E-state index contributed by atoms with van der Waals surface area (Å²) in [6, 6.07) is 1.65. The maximum Gasteiger partial charge on any atom is 0.334 e. The zero-order chi connectivity index (χ0) is 44.7. The van der Waals surface area contributed by atoms with Crippen LogP contribution >= 0.6 is 0 Å². The molecule has 0 aromatic heterocycles. The van der Waals surface area contributed by atoms with Gasteiger partial charge in [0.05, 0.1) is 6.54 Å². The first-order chi connectivity index (χ1) is 27.6. The summed E-state index contributed by atoms with van der Waals surface area (Å²) in [4.78, 5) is 97.9. The van der Waals surface area contributed by atoms with Crippen molar-refractivity contribution in [3.05, 3.63) is 53.1 Å². The maximum atomic E-state index is 14.1. The highest BCUT2D eigenvalue weighted by molar-refractivity contribution is 5.96. The molecule has 1 aromatic rings. The van der Waals surface area contributed by atoms with Gasteiger partial charge in [0, 0.05) is 26.1 Å². The quantitative estimate of drug-likeness (QED) is 0.230. The molecule has 1 heterocycles. The Balaban J connectivity index is 2.60. The van der Waals surface area contributed by atoms with Crippen molar-refractivity contribution in [1.29, 1.82) is 0 Å². The average molecular weight is 826 g/mol. The molecule has 8 atom stereocenters. The van der Waals surface area contributed by atoms with Gasteiger partial charge in [0.2, 0.25) is 23.6 Å². The molecule has 1 unspecified atom stereocenters. The molecule has 0 aliphatic carbocycles. The third-order valence-corrected chi connectivity index (χ3v) is 10.8. The Labute approximate surface area is 349 Å². The number of rotatable bonds is 7. The number of esters is 2. The second-order valence-corrected chi connectivity index (χ2v) is 16.3. The van der Waals surface area contributed by atoms with Gasteiger partial charge >= 0.3 is 11.9 Å². The van der Waals surface area contributed by atoms with E-state index < -0.39 is 84.4 Å². The monoisotopic (exact) mass is 825 g/mol. The minimum Gasteiger partial charge on any atom is -0.508 e. The van der Waals surface area contributed by atoms with Gasteiger partial charge in [-0.25, -0.2) is 9.59 Å². The molecule has 2 rings (SSSR count). The van der Waals surface area contributed by atoms with E-state index in [1.807, 2.05) is 47.6 Å². The summed E-state index contributed by atoms with van der Waals surface area (Å²) in [7, 11) is 2.81. The Morgan fingerprint density at radius 2 is 1.51 bits per heavy atom. The van der Waals surface area contributed by atoms with Crippen molar-refractivity contribution in [2.45, 2.75) is 138 Å². The number of nitrogens with zero attached hydrogens (tertiary/aromatic N) is 2. The minimum atomic E-state index is -1.22. The number of phenols is 1. The summed E-state index contributed by atoms with van der Waals surface area (Å²) in [5.74, 6) is -5.13. The first-order valence-corrected chi connectivity index (χ1v) is 20.5. The summed E-state index contributed by atoms with van der Waals surface area (Å²) in [5.41, 5.74) is 1.68. The van der Waals surface area contributed by atoms with Crippen molar-refractivity contribution in [3.8, 4) is 5.75 Å². The largest absolute Gasteiger partial charge is 0.508 e. The molecule has 328 valence electrons. The van der Waals surface area contributed by atoms with Gasteiger partial charge in [-0.2, -0.15) is 0 Å². The van der Waals surface area contributed by atoms with Crippen LogP contribution in [0.15, 0.2) is 47.6 Å². The minimum absolute atomic E-state index is 0.00506. The lowest BCUT2D eigenvalue weighted by Crippen LogP contribution is -2.57. The number of amides is 5. The lowest BCUT2D eigenvalue weighted by atomic mass is 9.93. The molecule has 59 heavy (non-hydrogen) atoms. The van der Waals surface area contributed by atoms with Crippen LogP contribution in [-0.2, 0) is 49.5 Å². The number of likely N-dealkylation sites (N-methyl/N-ethyl adjacent to an activating group) is 2. The van der Waals surface area contributed by atoms with Crippen LogP contribution in [0.2, 0.25) is 0 Å². The average Bonchev–Trinajstić information content (AvgIpc) is 3.18. The number of phenolic OH excluding ortho intramolecular Hbond substituents is 1. The molecule has 0 saturated heterocycles. The summed E-state index contributed by atoms with van der Waals surface area (Å²) in [5, 5.41) is 17.9. The van der Waals surface area contributed by atoms with E-state index in [0.717, 1.165) is 10.5 Å². The molecule has 1 aromatic carbocycles. The van der Waals surface area contributed by atoms with Crippen molar-refractivity contribution in [2.75, 3.05) is 20.6 Å². The number of cyclic esters (lactones) is 2. The lowest BCUT2D eigenvalue weighted by Gasteiger charge is -2.33. The molecule has 15 heteroatoms. The molecule has 0 spiro atoms. The van der Waals surface area contributed by atoms with Gasteiger partial charge in [-0.3, -0.25) is 24.0 Å². The van der Waals surface area contributed by atoms with Gasteiger partial charge in [-0.05, 0) is 94.9 Å². The number of nitrogens with one attached hydrogen (secondary N) is 3. The van der Waals surface area contributed by atoms with E-state index in [-0.39, 0.29) is 41.9 Å². The van der Waals surface area contributed by atoms with Gasteiger partial charge in [0.1, 0.15) is 36.0 Å². The van der Waals surface area contributed by atoms with Crippen LogP contribution in [0.5, 0.6) is 5.75 Å². The number of aromatic hydroxyl groups is 1. The SMILES string of the molecule is C/C=C(\C)[C@H]1OC(=O)[C@@H](C)NC(=O)[C@H](C(C)CC)NC(=O)CN(C)C(=O)[C@@H](Cc2ccc(O)cc2)N(C)C(=O)[C@H](C)NC(=O)[C@@H](CC(C)C)OC(=O)/C(C)=C/CC[C@@H]1C.